The molecule has 0 aromatic rings. The molecule has 0 atom stereocenters. The maximum Gasteiger partial charge on any atom is 0.0609 e. The van der Waals surface area contributed by atoms with Crippen molar-refractivity contribution in [1.29, 1.82) is 0 Å². The molecule has 1 nitrogen and oxygen atoms in total. The Hall–Kier alpha value is 0.177. The molecule has 0 bridgehead atoms. The third-order valence-electron chi connectivity index (χ3n) is 4.24. The molecule has 0 heterocycles. The van der Waals surface area contributed by atoms with E-state index in [1.807, 2.05) is 0 Å². The van der Waals surface area contributed by atoms with Crippen LogP contribution in [0.4, 0.5) is 0 Å². The van der Waals surface area contributed by atoms with Gasteiger partial charge in [-0.1, -0.05) is 103 Å². The highest BCUT2D eigenvalue weighted by Gasteiger charge is 1.94. The minimum Gasteiger partial charge on any atom is -0.386 e. The molecule has 0 amide bonds. The van der Waals surface area contributed by atoms with Crippen molar-refractivity contribution in [3.05, 3.63) is 0 Å². The van der Waals surface area contributed by atoms with E-state index in [1.165, 1.54) is 103 Å². The molecule has 0 saturated heterocycles. The fourth-order valence-electron chi connectivity index (χ4n) is 2.82. The van der Waals surface area contributed by atoms with Crippen LogP contribution in [0.3, 0.4) is 0 Å². The zero-order valence-corrected chi connectivity index (χ0v) is 15.6. The van der Waals surface area contributed by atoms with Gasteiger partial charge in [-0.2, -0.15) is 0 Å². The summed E-state index contributed by atoms with van der Waals surface area (Å²) in [7, 11) is 3.32. The molecular formula is C19H39OSi. The maximum absolute atomic E-state index is 5.27. The minimum absolute atomic E-state index is 0.679. The lowest BCUT2D eigenvalue weighted by atomic mass is 10.0. The van der Waals surface area contributed by atoms with E-state index in [-0.39, 0.29) is 0 Å². The maximum atomic E-state index is 5.27. The molecule has 0 N–H and O–H groups in total. The third kappa shape index (κ3) is 20.2. The Kier molecular flexibility index (Phi) is 20.3. The van der Waals surface area contributed by atoms with Crippen molar-refractivity contribution in [1.82, 2.24) is 0 Å². The molecule has 0 aliphatic rings. The topological polar surface area (TPSA) is 9.23 Å². The SMILES string of the molecule is CCCCCCCCCCCCCCCCCCOC[Si]. The lowest BCUT2D eigenvalue weighted by Crippen LogP contribution is -1.95. The molecule has 0 saturated carbocycles. The lowest BCUT2D eigenvalue weighted by molar-refractivity contribution is 0.173. The van der Waals surface area contributed by atoms with E-state index in [0.29, 0.717) is 6.23 Å². The minimum atomic E-state index is 0.679. The van der Waals surface area contributed by atoms with Crippen LogP contribution in [0.2, 0.25) is 0 Å². The predicted octanol–water partition coefficient (Wildman–Crippen LogP) is 6.39. The third-order valence-corrected chi connectivity index (χ3v) is 4.45. The molecular weight excluding hydrogens is 272 g/mol. The Labute approximate surface area is 138 Å². The molecule has 3 radical (unpaired) electrons. The average molecular weight is 312 g/mol. The van der Waals surface area contributed by atoms with E-state index in [1.54, 1.807) is 0 Å². The van der Waals surface area contributed by atoms with E-state index < -0.39 is 0 Å². The molecule has 0 aliphatic carbocycles. The monoisotopic (exact) mass is 311 g/mol. The summed E-state index contributed by atoms with van der Waals surface area (Å²) < 4.78 is 5.27. The first-order valence-corrected chi connectivity index (χ1v) is 10.3. The Bertz CT molecular complexity index is 155. The van der Waals surface area contributed by atoms with E-state index in [2.05, 4.69) is 17.2 Å². The second-order valence-electron chi connectivity index (χ2n) is 6.36. The summed E-state index contributed by atoms with van der Waals surface area (Å²) >= 11 is 0. The number of unbranched alkanes of at least 4 members (excludes halogenated alkanes) is 15. The van der Waals surface area contributed by atoms with Crippen molar-refractivity contribution in [3.8, 4) is 0 Å². The fraction of sp³-hybridized carbons (Fsp3) is 1.00. The highest BCUT2D eigenvalue weighted by atomic mass is 28.1. The number of hydrogen-bond donors (Lipinski definition) is 0. The predicted molar refractivity (Wildman–Crippen MR) is 96.1 cm³/mol. The van der Waals surface area contributed by atoms with Gasteiger partial charge in [0, 0.05) is 12.8 Å². The van der Waals surface area contributed by atoms with Gasteiger partial charge in [0.05, 0.1) is 10.2 Å². The van der Waals surface area contributed by atoms with Crippen LogP contribution < -0.4 is 0 Å². The summed E-state index contributed by atoms with van der Waals surface area (Å²) in [5.74, 6) is 0. The van der Waals surface area contributed by atoms with Gasteiger partial charge in [-0.15, -0.1) is 0 Å². The summed E-state index contributed by atoms with van der Waals surface area (Å²) in [6, 6.07) is 0. The molecule has 125 valence electrons. The molecule has 2 heteroatoms. The molecule has 0 rings (SSSR count). The van der Waals surface area contributed by atoms with Gasteiger partial charge >= 0.3 is 0 Å². The normalized spacial score (nSPS) is 11.1. The number of rotatable bonds is 18. The molecule has 0 aromatic carbocycles. The van der Waals surface area contributed by atoms with E-state index in [9.17, 15) is 0 Å². The number of hydrogen-bond acceptors (Lipinski definition) is 1. The van der Waals surface area contributed by atoms with Crippen molar-refractivity contribution in [3.63, 3.8) is 0 Å². The van der Waals surface area contributed by atoms with E-state index >= 15 is 0 Å². The van der Waals surface area contributed by atoms with Crippen LogP contribution >= 0.6 is 0 Å². The van der Waals surface area contributed by atoms with Crippen molar-refractivity contribution in [2.45, 2.75) is 110 Å². The van der Waals surface area contributed by atoms with Crippen LogP contribution in [0, 0.1) is 0 Å². The van der Waals surface area contributed by atoms with Gasteiger partial charge in [-0.25, -0.2) is 0 Å². The Morgan fingerprint density at radius 1 is 0.524 bits per heavy atom. The van der Waals surface area contributed by atoms with Crippen LogP contribution in [-0.2, 0) is 4.74 Å². The Morgan fingerprint density at radius 3 is 1.19 bits per heavy atom. The average Bonchev–Trinajstić information content (AvgIpc) is 2.50. The first-order chi connectivity index (χ1) is 10.4. The number of ether oxygens (including phenoxy) is 1. The first kappa shape index (κ1) is 21.2. The van der Waals surface area contributed by atoms with Gasteiger partial charge in [0.1, 0.15) is 0 Å². The Balaban J connectivity index is 2.90. The van der Waals surface area contributed by atoms with E-state index in [4.69, 9.17) is 4.74 Å². The zero-order valence-electron chi connectivity index (χ0n) is 14.6. The fourth-order valence-corrected chi connectivity index (χ4v) is 2.97. The van der Waals surface area contributed by atoms with Gasteiger partial charge in [0.25, 0.3) is 0 Å². The quantitative estimate of drug-likeness (QED) is 0.210. The van der Waals surface area contributed by atoms with Crippen LogP contribution in [0.1, 0.15) is 110 Å². The second-order valence-corrected chi connectivity index (χ2v) is 6.64. The first-order valence-electron chi connectivity index (χ1n) is 9.64. The van der Waals surface area contributed by atoms with Gasteiger partial charge in [0.2, 0.25) is 0 Å². The molecule has 21 heavy (non-hydrogen) atoms. The summed E-state index contributed by atoms with van der Waals surface area (Å²) in [6.07, 6.45) is 23.5. The summed E-state index contributed by atoms with van der Waals surface area (Å²) in [5.41, 5.74) is 0. The van der Waals surface area contributed by atoms with Crippen molar-refractivity contribution >= 4 is 10.2 Å². The van der Waals surface area contributed by atoms with Crippen LogP contribution in [0.15, 0.2) is 0 Å². The zero-order chi connectivity index (χ0) is 15.4. The molecule has 0 spiro atoms. The molecule has 0 aliphatic heterocycles. The Morgan fingerprint density at radius 2 is 0.857 bits per heavy atom. The smallest absolute Gasteiger partial charge is 0.0609 e. The summed E-state index contributed by atoms with van der Waals surface area (Å²) in [4.78, 5) is 0. The van der Waals surface area contributed by atoms with Crippen molar-refractivity contribution in [2.75, 3.05) is 12.8 Å². The molecule has 0 fully saturated rings. The molecule has 0 unspecified atom stereocenters. The second kappa shape index (κ2) is 20.2. The summed E-state index contributed by atoms with van der Waals surface area (Å²) in [6.45, 7) is 3.21. The standard InChI is InChI=1S/C19H39OSi/c1-2-3-4-5-6-7-8-9-10-11-12-13-14-15-16-17-18-20-19-21/h2-19H2,1H3. The van der Waals surface area contributed by atoms with Gasteiger partial charge in [-0.05, 0) is 6.42 Å². The highest BCUT2D eigenvalue weighted by Crippen LogP contribution is 2.13. The van der Waals surface area contributed by atoms with Gasteiger partial charge in [0.15, 0.2) is 0 Å². The van der Waals surface area contributed by atoms with Gasteiger partial charge < -0.3 is 4.74 Å². The summed E-state index contributed by atoms with van der Waals surface area (Å²) in [5, 5.41) is 0. The van der Waals surface area contributed by atoms with Crippen LogP contribution in [0.5, 0.6) is 0 Å². The van der Waals surface area contributed by atoms with E-state index in [0.717, 1.165) is 6.61 Å². The lowest BCUT2D eigenvalue weighted by Gasteiger charge is -2.03. The van der Waals surface area contributed by atoms with Crippen molar-refractivity contribution < 1.29 is 4.74 Å². The van der Waals surface area contributed by atoms with Crippen LogP contribution in [-0.4, -0.2) is 23.1 Å². The van der Waals surface area contributed by atoms with Gasteiger partial charge in [-0.3, -0.25) is 0 Å². The largest absolute Gasteiger partial charge is 0.386 e. The molecule has 0 aromatic heterocycles. The highest BCUT2D eigenvalue weighted by molar-refractivity contribution is 6.08. The van der Waals surface area contributed by atoms with Crippen LogP contribution in [0.25, 0.3) is 0 Å². The van der Waals surface area contributed by atoms with Crippen molar-refractivity contribution in [2.24, 2.45) is 0 Å².